The minimum Gasteiger partial charge on any atom is -0.281 e. The van der Waals surface area contributed by atoms with Gasteiger partial charge in [0, 0.05) is 11.8 Å². The average Bonchev–Trinajstić information content (AvgIpc) is 2.39. The third-order valence-corrected chi connectivity index (χ3v) is 1.93. The fraction of sp³-hybridized carbons (Fsp3) is 0.600. The van der Waals surface area contributed by atoms with Crippen LogP contribution in [0.3, 0.4) is 0 Å². The quantitative estimate of drug-likeness (QED) is 0.578. The molecule has 0 aromatic carbocycles. The van der Waals surface area contributed by atoms with Crippen LogP contribution in [0.2, 0.25) is 0 Å². The van der Waals surface area contributed by atoms with Crippen molar-refractivity contribution in [3.8, 4) is 0 Å². The predicted molar refractivity (Wildman–Crippen MR) is 33.3 cm³/mol. The molecule has 0 heterocycles. The van der Waals surface area contributed by atoms with Gasteiger partial charge in [-0.25, -0.2) is 0 Å². The standard InChI is InChI=1S/C5H4Cl2O2/c6-4(8)2-1-3(2)5(7)9/h2-3H,1H2. The minimum atomic E-state index is -0.450. The van der Waals surface area contributed by atoms with Crippen LogP contribution in [-0.4, -0.2) is 10.5 Å². The van der Waals surface area contributed by atoms with Crippen LogP contribution in [0.25, 0.3) is 0 Å². The summed E-state index contributed by atoms with van der Waals surface area (Å²) in [5, 5.41) is -0.900. The van der Waals surface area contributed by atoms with Crippen LogP contribution < -0.4 is 0 Å². The molecule has 4 heteroatoms. The van der Waals surface area contributed by atoms with Crippen molar-refractivity contribution in [2.75, 3.05) is 0 Å². The Morgan fingerprint density at radius 1 is 1.11 bits per heavy atom. The summed E-state index contributed by atoms with van der Waals surface area (Å²) in [5.41, 5.74) is 0. The lowest BCUT2D eigenvalue weighted by Crippen LogP contribution is -1.96. The summed E-state index contributed by atoms with van der Waals surface area (Å²) >= 11 is 10.1. The number of hydrogen-bond donors (Lipinski definition) is 0. The SMILES string of the molecule is O=C(Cl)C1CC1C(=O)Cl. The van der Waals surface area contributed by atoms with Crippen LogP contribution in [0.4, 0.5) is 0 Å². The highest BCUT2D eigenvalue weighted by molar-refractivity contribution is 6.67. The molecule has 0 saturated heterocycles. The van der Waals surface area contributed by atoms with Crippen molar-refractivity contribution in [2.45, 2.75) is 6.42 Å². The summed E-state index contributed by atoms with van der Waals surface area (Å²) < 4.78 is 0. The Hall–Kier alpha value is -0.0800. The van der Waals surface area contributed by atoms with E-state index in [9.17, 15) is 9.59 Å². The smallest absolute Gasteiger partial charge is 0.225 e. The van der Waals surface area contributed by atoms with E-state index in [4.69, 9.17) is 23.2 Å². The third kappa shape index (κ3) is 1.43. The van der Waals surface area contributed by atoms with Gasteiger partial charge in [0.2, 0.25) is 10.5 Å². The van der Waals surface area contributed by atoms with Gasteiger partial charge >= 0.3 is 0 Å². The molecule has 0 bridgehead atoms. The molecule has 1 saturated carbocycles. The second-order valence-corrected chi connectivity index (χ2v) is 2.80. The fourth-order valence-corrected chi connectivity index (χ4v) is 1.18. The Morgan fingerprint density at radius 2 is 1.44 bits per heavy atom. The van der Waals surface area contributed by atoms with Gasteiger partial charge in [0.1, 0.15) is 0 Å². The molecular weight excluding hydrogens is 163 g/mol. The maximum Gasteiger partial charge on any atom is 0.225 e. The van der Waals surface area contributed by atoms with Crippen LogP contribution in [0.15, 0.2) is 0 Å². The van der Waals surface area contributed by atoms with Crippen molar-refractivity contribution in [3.05, 3.63) is 0 Å². The molecule has 0 amide bonds. The Balaban J connectivity index is 2.42. The third-order valence-electron chi connectivity index (χ3n) is 1.37. The van der Waals surface area contributed by atoms with Crippen LogP contribution in [0.1, 0.15) is 6.42 Å². The van der Waals surface area contributed by atoms with Crippen molar-refractivity contribution < 1.29 is 9.59 Å². The predicted octanol–water partition coefficient (Wildman–Crippen LogP) is 1.15. The summed E-state index contributed by atoms with van der Waals surface area (Å²) in [7, 11) is 0. The molecule has 1 aliphatic carbocycles. The Kier molecular flexibility index (Phi) is 1.78. The molecule has 2 nitrogen and oxygen atoms in total. The van der Waals surface area contributed by atoms with Crippen molar-refractivity contribution in [1.82, 2.24) is 0 Å². The van der Waals surface area contributed by atoms with Gasteiger partial charge < -0.3 is 0 Å². The van der Waals surface area contributed by atoms with Crippen LogP contribution in [0, 0.1) is 11.8 Å². The summed E-state index contributed by atoms with van der Waals surface area (Å²) in [5.74, 6) is -0.590. The van der Waals surface area contributed by atoms with E-state index in [2.05, 4.69) is 0 Å². The topological polar surface area (TPSA) is 34.1 Å². The first-order chi connectivity index (χ1) is 4.13. The van der Waals surface area contributed by atoms with Crippen molar-refractivity contribution in [2.24, 2.45) is 11.8 Å². The largest absolute Gasteiger partial charge is 0.281 e. The van der Waals surface area contributed by atoms with E-state index < -0.39 is 10.5 Å². The summed E-state index contributed by atoms with van der Waals surface area (Å²) in [6.07, 6.45) is 0.532. The van der Waals surface area contributed by atoms with E-state index in [1.807, 2.05) is 0 Å². The van der Waals surface area contributed by atoms with Crippen molar-refractivity contribution in [3.63, 3.8) is 0 Å². The molecule has 0 aromatic heterocycles. The van der Waals surface area contributed by atoms with Gasteiger partial charge in [0.15, 0.2) is 0 Å². The first-order valence-corrected chi connectivity index (χ1v) is 3.27. The number of hydrogen-bond acceptors (Lipinski definition) is 2. The van der Waals surface area contributed by atoms with Gasteiger partial charge in [0.25, 0.3) is 0 Å². The molecule has 50 valence electrons. The first-order valence-electron chi connectivity index (χ1n) is 2.51. The number of halogens is 2. The lowest BCUT2D eigenvalue weighted by atomic mass is 10.4. The normalized spacial score (nSPS) is 31.8. The Labute approximate surface area is 62.1 Å². The monoisotopic (exact) mass is 166 g/mol. The Morgan fingerprint density at radius 3 is 1.56 bits per heavy atom. The molecule has 2 unspecified atom stereocenters. The van der Waals surface area contributed by atoms with Crippen molar-refractivity contribution >= 4 is 33.7 Å². The van der Waals surface area contributed by atoms with Crippen LogP contribution >= 0.6 is 23.2 Å². The zero-order valence-electron chi connectivity index (χ0n) is 4.43. The summed E-state index contributed by atoms with van der Waals surface area (Å²) in [6.45, 7) is 0. The highest BCUT2D eigenvalue weighted by Gasteiger charge is 2.46. The maximum atomic E-state index is 10.3. The summed E-state index contributed by atoms with van der Waals surface area (Å²) in [4.78, 5) is 20.6. The molecule has 1 fully saturated rings. The molecule has 1 rings (SSSR count). The van der Waals surface area contributed by atoms with E-state index in [1.165, 1.54) is 0 Å². The summed E-state index contributed by atoms with van der Waals surface area (Å²) in [6, 6.07) is 0. The van der Waals surface area contributed by atoms with E-state index in [1.54, 1.807) is 0 Å². The van der Waals surface area contributed by atoms with E-state index in [0.29, 0.717) is 6.42 Å². The molecule has 1 aliphatic rings. The lowest BCUT2D eigenvalue weighted by molar-refractivity contribution is -0.117. The number of carbonyl (C=O) groups excluding carboxylic acids is 2. The molecule has 9 heavy (non-hydrogen) atoms. The number of rotatable bonds is 2. The molecular formula is C5H4Cl2O2. The first kappa shape index (κ1) is 7.03. The molecule has 2 atom stereocenters. The molecule has 0 aromatic rings. The highest BCUT2D eigenvalue weighted by Crippen LogP contribution is 2.41. The fourth-order valence-electron chi connectivity index (χ4n) is 0.697. The Bertz CT molecular complexity index is 148. The van der Waals surface area contributed by atoms with Gasteiger partial charge in [-0.1, -0.05) is 0 Å². The maximum absolute atomic E-state index is 10.3. The van der Waals surface area contributed by atoms with Crippen molar-refractivity contribution in [1.29, 1.82) is 0 Å². The van der Waals surface area contributed by atoms with Gasteiger partial charge in [-0.2, -0.15) is 0 Å². The zero-order chi connectivity index (χ0) is 7.02. The van der Waals surface area contributed by atoms with Gasteiger partial charge in [0.05, 0.1) is 0 Å². The molecule has 0 radical (unpaired) electrons. The molecule has 0 N–H and O–H groups in total. The number of carbonyl (C=O) groups is 2. The minimum absolute atomic E-state index is 0.295. The molecule has 0 spiro atoms. The van der Waals surface area contributed by atoms with E-state index >= 15 is 0 Å². The zero-order valence-corrected chi connectivity index (χ0v) is 5.95. The second kappa shape index (κ2) is 2.27. The van der Waals surface area contributed by atoms with Gasteiger partial charge in [-0.05, 0) is 29.6 Å². The second-order valence-electron chi connectivity index (χ2n) is 2.06. The van der Waals surface area contributed by atoms with E-state index in [0.717, 1.165) is 0 Å². The van der Waals surface area contributed by atoms with Gasteiger partial charge in [-0.3, -0.25) is 9.59 Å². The highest BCUT2D eigenvalue weighted by atomic mass is 35.5. The lowest BCUT2D eigenvalue weighted by Gasteiger charge is -1.82. The van der Waals surface area contributed by atoms with E-state index in [-0.39, 0.29) is 11.8 Å². The molecule has 0 aliphatic heterocycles. The van der Waals surface area contributed by atoms with Crippen LogP contribution in [0.5, 0.6) is 0 Å². The van der Waals surface area contributed by atoms with Gasteiger partial charge in [-0.15, -0.1) is 0 Å². The van der Waals surface area contributed by atoms with Crippen LogP contribution in [-0.2, 0) is 9.59 Å². The average molecular weight is 167 g/mol.